The molecule has 2 rings (SSSR count). The van der Waals surface area contributed by atoms with Crippen LogP contribution in [-0.4, -0.2) is 11.1 Å². The van der Waals surface area contributed by atoms with E-state index in [9.17, 15) is 23.1 Å². The van der Waals surface area contributed by atoms with Crippen molar-refractivity contribution in [3.05, 3.63) is 65.2 Å². The lowest BCUT2D eigenvalue weighted by atomic mass is 9.97. The lowest BCUT2D eigenvalue weighted by Crippen LogP contribution is -2.12. The highest BCUT2D eigenvalue weighted by molar-refractivity contribution is 5.68. The van der Waals surface area contributed by atoms with Crippen LogP contribution in [0.3, 0.4) is 0 Å². The second-order valence-electron chi connectivity index (χ2n) is 6.08. The first-order valence-corrected chi connectivity index (χ1v) is 8.61. The number of hydrogen-bond donors (Lipinski definition) is 1. The van der Waals surface area contributed by atoms with Crippen molar-refractivity contribution >= 4 is 5.97 Å². The highest BCUT2D eigenvalue weighted by Crippen LogP contribution is 2.35. The molecule has 0 aliphatic rings. The van der Waals surface area contributed by atoms with Crippen LogP contribution >= 0.6 is 0 Å². The molecule has 0 aliphatic carbocycles. The predicted octanol–water partition coefficient (Wildman–Crippen LogP) is 5.01. The van der Waals surface area contributed by atoms with E-state index in [0.29, 0.717) is 18.6 Å². The van der Waals surface area contributed by atoms with E-state index in [1.165, 1.54) is 18.2 Å². The molecule has 0 amide bonds. The Morgan fingerprint density at radius 2 is 1.89 bits per heavy atom. The van der Waals surface area contributed by atoms with Crippen molar-refractivity contribution in [3.8, 4) is 5.75 Å². The third kappa shape index (κ3) is 6.29. The first-order chi connectivity index (χ1) is 12.8. The van der Waals surface area contributed by atoms with Crippen molar-refractivity contribution in [1.29, 1.82) is 0 Å². The molecule has 2 aromatic carbocycles. The van der Waals surface area contributed by atoms with Crippen LogP contribution in [0.2, 0.25) is 0 Å². The molecule has 0 spiro atoms. The molecule has 0 radical (unpaired) electrons. The van der Waals surface area contributed by atoms with E-state index in [1.54, 1.807) is 24.3 Å². The zero-order chi connectivity index (χ0) is 19.9. The summed E-state index contributed by atoms with van der Waals surface area (Å²) in [5, 5.41) is 10.2. The number of carbonyl (C=O) groups excluding carboxylic acids is 1. The van der Waals surface area contributed by atoms with Crippen molar-refractivity contribution in [2.45, 2.75) is 44.9 Å². The molecule has 4 nitrogen and oxygen atoms in total. The molecule has 7 heteroatoms. The van der Waals surface area contributed by atoms with E-state index in [0.717, 1.165) is 11.6 Å². The van der Waals surface area contributed by atoms with Gasteiger partial charge in [0.25, 0.3) is 0 Å². The van der Waals surface area contributed by atoms with E-state index in [1.807, 2.05) is 6.92 Å². The third-order valence-electron chi connectivity index (χ3n) is 3.92. The summed E-state index contributed by atoms with van der Waals surface area (Å²) in [5.74, 6) is -0.177. The van der Waals surface area contributed by atoms with Crippen LogP contribution in [0.5, 0.6) is 5.75 Å². The van der Waals surface area contributed by atoms with Gasteiger partial charge in [-0.25, -0.2) is 4.79 Å². The number of halogens is 3. The Hall–Kier alpha value is -2.54. The summed E-state index contributed by atoms with van der Waals surface area (Å²) in [4.78, 5) is 20.9. The molecule has 0 aliphatic heterocycles. The summed E-state index contributed by atoms with van der Waals surface area (Å²) >= 11 is 0. The molecule has 0 heterocycles. The van der Waals surface area contributed by atoms with Crippen molar-refractivity contribution in [3.63, 3.8) is 0 Å². The molecule has 1 N–H and O–H groups in total. The van der Waals surface area contributed by atoms with Gasteiger partial charge in [0.2, 0.25) is 0 Å². The van der Waals surface area contributed by atoms with Gasteiger partial charge >= 0.3 is 12.1 Å². The van der Waals surface area contributed by atoms with Gasteiger partial charge in [-0.3, -0.25) is 9.78 Å². The first kappa shape index (κ1) is 20.8. The SMILES string of the molecule is CCCC(=O)OOc1cccc(CCC(O)c2ccccc2C(F)(F)F)c1. The lowest BCUT2D eigenvalue weighted by Gasteiger charge is -2.17. The third-order valence-corrected chi connectivity index (χ3v) is 3.92. The molecule has 0 fully saturated rings. The number of rotatable bonds is 8. The fourth-order valence-corrected chi connectivity index (χ4v) is 2.60. The normalized spacial score (nSPS) is 12.5. The first-order valence-electron chi connectivity index (χ1n) is 8.61. The van der Waals surface area contributed by atoms with Gasteiger partial charge in [-0.15, -0.1) is 0 Å². The summed E-state index contributed by atoms with van der Waals surface area (Å²) in [7, 11) is 0. The van der Waals surface area contributed by atoms with Crippen LogP contribution in [0.1, 0.15) is 49.0 Å². The van der Waals surface area contributed by atoms with E-state index in [2.05, 4.69) is 4.89 Å². The Bertz CT molecular complexity index is 759. The fourth-order valence-electron chi connectivity index (χ4n) is 2.60. The van der Waals surface area contributed by atoms with Crippen LogP contribution in [0.4, 0.5) is 13.2 Å². The molecule has 27 heavy (non-hydrogen) atoms. The summed E-state index contributed by atoms with van der Waals surface area (Å²) in [5.41, 5.74) is -0.245. The molecule has 1 unspecified atom stereocenters. The predicted molar refractivity (Wildman–Crippen MR) is 92.8 cm³/mol. The van der Waals surface area contributed by atoms with Crippen molar-refractivity contribution < 1.29 is 32.8 Å². The Morgan fingerprint density at radius 3 is 2.59 bits per heavy atom. The fraction of sp³-hybridized carbons (Fsp3) is 0.350. The molecular weight excluding hydrogens is 361 g/mol. The van der Waals surface area contributed by atoms with E-state index >= 15 is 0 Å². The van der Waals surface area contributed by atoms with Crippen LogP contribution in [0.25, 0.3) is 0 Å². The van der Waals surface area contributed by atoms with Gasteiger partial charge in [0.05, 0.1) is 11.7 Å². The minimum atomic E-state index is -4.52. The molecule has 1 atom stereocenters. The van der Waals surface area contributed by atoms with Crippen LogP contribution in [0.15, 0.2) is 48.5 Å². The zero-order valence-electron chi connectivity index (χ0n) is 14.8. The highest BCUT2D eigenvalue weighted by atomic mass is 19.4. The molecule has 2 aromatic rings. The second kappa shape index (κ2) is 9.41. The standard InChI is InChI=1S/C20H21F3O4/c1-2-6-19(25)27-26-15-8-5-7-14(13-15)11-12-18(24)16-9-3-4-10-17(16)20(21,22)23/h3-5,7-10,13,18,24H,2,6,11-12H2,1H3. The Balaban J connectivity index is 1.99. The maximum absolute atomic E-state index is 13.1. The number of benzene rings is 2. The van der Waals surface area contributed by atoms with Gasteiger partial charge in [0.1, 0.15) is 0 Å². The van der Waals surface area contributed by atoms with Crippen molar-refractivity contribution in [2.75, 3.05) is 0 Å². The van der Waals surface area contributed by atoms with Gasteiger partial charge in [0.15, 0.2) is 5.75 Å². The number of aliphatic hydroxyl groups is 1. The summed E-state index contributed by atoms with van der Waals surface area (Å²) in [6, 6.07) is 11.6. The van der Waals surface area contributed by atoms with Crippen LogP contribution in [0, 0.1) is 0 Å². The van der Waals surface area contributed by atoms with Gasteiger partial charge < -0.3 is 5.11 Å². The van der Waals surface area contributed by atoms with Gasteiger partial charge in [-0.2, -0.15) is 13.2 Å². The van der Waals surface area contributed by atoms with Gasteiger partial charge in [-0.1, -0.05) is 37.3 Å². The average Bonchev–Trinajstić information content (AvgIpc) is 2.64. The summed E-state index contributed by atoms with van der Waals surface area (Å²) in [6.45, 7) is 1.84. The Morgan fingerprint density at radius 1 is 1.15 bits per heavy atom. The quantitative estimate of drug-likeness (QED) is 0.515. The highest BCUT2D eigenvalue weighted by Gasteiger charge is 2.34. The monoisotopic (exact) mass is 382 g/mol. The number of hydrogen-bond acceptors (Lipinski definition) is 4. The summed E-state index contributed by atoms with van der Waals surface area (Å²) in [6.07, 6.45) is -4.47. The van der Waals surface area contributed by atoms with Crippen molar-refractivity contribution in [2.24, 2.45) is 0 Å². The molecular formula is C20H21F3O4. The van der Waals surface area contributed by atoms with Gasteiger partial charge in [0, 0.05) is 6.42 Å². The number of aryl methyl sites for hydroxylation is 1. The summed E-state index contributed by atoms with van der Waals surface area (Å²) < 4.78 is 39.2. The van der Waals surface area contributed by atoms with Crippen molar-refractivity contribution in [1.82, 2.24) is 0 Å². The topological polar surface area (TPSA) is 55.8 Å². The molecule has 0 aromatic heterocycles. The van der Waals surface area contributed by atoms with Crippen LogP contribution in [-0.2, 0) is 22.3 Å². The average molecular weight is 382 g/mol. The van der Waals surface area contributed by atoms with E-state index in [4.69, 9.17) is 4.89 Å². The molecule has 0 saturated heterocycles. The smallest absolute Gasteiger partial charge is 0.388 e. The maximum Gasteiger partial charge on any atom is 0.416 e. The second-order valence-corrected chi connectivity index (χ2v) is 6.08. The lowest BCUT2D eigenvalue weighted by molar-refractivity contribution is -0.213. The molecule has 0 saturated carbocycles. The molecule has 0 bridgehead atoms. The minimum absolute atomic E-state index is 0.103. The zero-order valence-corrected chi connectivity index (χ0v) is 14.8. The number of alkyl halides is 3. The minimum Gasteiger partial charge on any atom is -0.388 e. The van der Waals surface area contributed by atoms with E-state index < -0.39 is 23.8 Å². The van der Waals surface area contributed by atoms with Crippen LogP contribution < -0.4 is 4.89 Å². The largest absolute Gasteiger partial charge is 0.416 e. The molecule has 146 valence electrons. The Labute approximate surface area is 155 Å². The Kier molecular flexibility index (Phi) is 7.24. The number of aliphatic hydroxyl groups excluding tert-OH is 1. The maximum atomic E-state index is 13.1. The number of carbonyl (C=O) groups is 1. The van der Waals surface area contributed by atoms with Gasteiger partial charge in [-0.05, 0) is 48.6 Å². The van der Waals surface area contributed by atoms with E-state index in [-0.39, 0.29) is 18.4 Å².